The molecule has 7 heteroatoms. The molecule has 124 valence electrons. The number of carbonyl (C=O) groups is 1. The van der Waals surface area contributed by atoms with Gasteiger partial charge in [0.05, 0.1) is 6.54 Å². The van der Waals surface area contributed by atoms with E-state index in [1.807, 2.05) is 0 Å². The SMILES string of the molecule is CN(CC(O)COc1cc(Cl)cc(Cl)c1)C(=O)OC(C)(C)C. The van der Waals surface area contributed by atoms with Crippen LogP contribution in [0.3, 0.4) is 0 Å². The van der Waals surface area contributed by atoms with E-state index in [0.717, 1.165) is 0 Å². The van der Waals surface area contributed by atoms with Crippen molar-refractivity contribution in [2.45, 2.75) is 32.5 Å². The van der Waals surface area contributed by atoms with Crippen LogP contribution in [0.15, 0.2) is 18.2 Å². The van der Waals surface area contributed by atoms with Crippen LogP contribution in [0.1, 0.15) is 20.8 Å². The monoisotopic (exact) mass is 349 g/mol. The van der Waals surface area contributed by atoms with Gasteiger partial charge in [-0.2, -0.15) is 0 Å². The molecule has 0 heterocycles. The summed E-state index contributed by atoms with van der Waals surface area (Å²) < 4.78 is 10.6. The zero-order valence-electron chi connectivity index (χ0n) is 13.1. The number of aliphatic hydroxyl groups is 1. The summed E-state index contributed by atoms with van der Waals surface area (Å²) in [5.41, 5.74) is -0.579. The standard InChI is InChI=1S/C15H21Cl2NO4/c1-15(2,3)22-14(20)18(4)8-12(19)9-21-13-6-10(16)5-11(17)7-13/h5-7,12,19H,8-9H2,1-4H3. The van der Waals surface area contributed by atoms with E-state index in [2.05, 4.69) is 0 Å². The number of carbonyl (C=O) groups excluding carboxylic acids is 1. The molecule has 0 fully saturated rings. The minimum Gasteiger partial charge on any atom is -0.491 e. The first kappa shape index (κ1) is 18.9. The van der Waals surface area contributed by atoms with E-state index < -0.39 is 17.8 Å². The molecule has 1 atom stereocenters. The average Bonchev–Trinajstić information content (AvgIpc) is 2.33. The Morgan fingerprint density at radius 3 is 2.32 bits per heavy atom. The second-order valence-electron chi connectivity index (χ2n) is 5.93. The van der Waals surface area contributed by atoms with E-state index in [1.165, 1.54) is 4.90 Å². The molecular weight excluding hydrogens is 329 g/mol. The largest absolute Gasteiger partial charge is 0.491 e. The average molecular weight is 350 g/mol. The summed E-state index contributed by atoms with van der Waals surface area (Å²) in [4.78, 5) is 13.1. The van der Waals surface area contributed by atoms with Gasteiger partial charge in [0.1, 0.15) is 24.1 Å². The predicted octanol–water partition coefficient (Wildman–Crippen LogP) is 3.60. The van der Waals surface area contributed by atoms with Gasteiger partial charge in [-0.1, -0.05) is 23.2 Å². The number of aliphatic hydroxyl groups excluding tert-OH is 1. The van der Waals surface area contributed by atoms with Crippen molar-refractivity contribution in [1.29, 1.82) is 0 Å². The third-order valence-electron chi connectivity index (χ3n) is 2.47. The molecule has 0 aromatic heterocycles. The molecule has 1 aromatic carbocycles. The number of benzene rings is 1. The summed E-state index contributed by atoms with van der Waals surface area (Å²) >= 11 is 11.7. The van der Waals surface area contributed by atoms with Crippen molar-refractivity contribution in [3.05, 3.63) is 28.2 Å². The van der Waals surface area contributed by atoms with Gasteiger partial charge in [0, 0.05) is 17.1 Å². The Labute approximate surface area is 140 Å². The Morgan fingerprint density at radius 2 is 1.82 bits per heavy atom. The molecule has 0 spiro atoms. The summed E-state index contributed by atoms with van der Waals surface area (Å²) in [7, 11) is 1.55. The molecular formula is C15H21Cl2NO4. The zero-order chi connectivity index (χ0) is 16.9. The van der Waals surface area contributed by atoms with E-state index in [4.69, 9.17) is 32.7 Å². The van der Waals surface area contributed by atoms with Crippen LogP contribution >= 0.6 is 23.2 Å². The normalized spacial score (nSPS) is 12.7. The number of ether oxygens (including phenoxy) is 2. The zero-order valence-corrected chi connectivity index (χ0v) is 14.6. The first-order valence-corrected chi connectivity index (χ1v) is 7.53. The lowest BCUT2D eigenvalue weighted by atomic mass is 10.2. The Morgan fingerprint density at radius 1 is 1.27 bits per heavy atom. The maximum atomic E-state index is 11.8. The van der Waals surface area contributed by atoms with Crippen LogP contribution in [-0.4, -0.2) is 48.0 Å². The molecule has 1 N–H and O–H groups in total. The molecule has 0 aliphatic carbocycles. The van der Waals surface area contributed by atoms with Crippen molar-refractivity contribution >= 4 is 29.3 Å². The van der Waals surface area contributed by atoms with Gasteiger partial charge in [0.25, 0.3) is 0 Å². The number of hydrogen-bond acceptors (Lipinski definition) is 4. The number of amides is 1. The second kappa shape index (κ2) is 7.90. The molecule has 0 aliphatic rings. The van der Waals surface area contributed by atoms with Crippen LogP contribution in [0.25, 0.3) is 0 Å². The third kappa shape index (κ3) is 7.20. The molecule has 0 saturated carbocycles. The Hall–Kier alpha value is -1.17. The Bertz CT molecular complexity index is 497. The van der Waals surface area contributed by atoms with Crippen LogP contribution in [0, 0.1) is 0 Å². The molecule has 1 unspecified atom stereocenters. The molecule has 0 bridgehead atoms. The van der Waals surface area contributed by atoms with Crippen molar-refractivity contribution in [3.8, 4) is 5.75 Å². The molecule has 22 heavy (non-hydrogen) atoms. The molecule has 1 rings (SSSR count). The topological polar surface area (TPSA) is 59.0 Å². The Balaban J connectivity index is 2.45. The van der Waals surface area contributed by atoms with Gasteiger partial charge in [0.15, 0.2) is 0 Å². The fourth-order valence-electron chi connectivity index (χ4n) is 1.59. The van der Waals surface area contributed by atoms with Gasteiger partial charge >= 0.3 is 6.09 Å². The van der Waals surface area contributed by atoms with Gasteiger partial charge < -0.3 is 19.5 Å². The van der Waals surface area contributed by atoms with Crippen molar-refractivity contribution in [2.75, 3.05) is 20.2 Å². The lowest BCUT2D eigenvalue weighted by Crippen LogP contribution is -2.40. The van der Waals surface area contributed by atoms with Crippen molar-refractivity contribution in [1.82, 2.24) is 4.90 Å². The van der Waals surface area contributed by atoms with Crippen molar-refractivity contribution in [3.63, 3.8) is 0 Å². The summed E-state index contributed by atoms with van der Waals surface area (Å²) in [6.45, 7) is 5.43. The summed E-state index contributed by atoms with van der Waals surface area (Å²) in [6.07, 6.45) is -1.37. The number of rotatable bonds is 5. The molecule has 1 aromatic rings. The molecule has 5 nitrogen and oxygen atoms in total. The van der Waals surface area contributed by atoms with Crippen molar-refractivity contribution in [2.24, 2.45) is 0 Å². The van der Waals surface area contributed by atoms with Gasteiger partial charge in [-0.3, -0.25) is 0 Å². The Kier molecular flexibility index (Phi) is 6.78. The van der Waals surface area contributed by atoms with Crippen LogP contribution < -0.4 is 4.74 Å². The summed E-state index contributed by atoms with van der Waals surface area (Å²) in [6, 6.07) is 4.78. The molecule has 0 aliphatic heterocycles. The van der Waals surface area contributed by atoms with Crippen molar-refractivity contribution < 1.29 is 19.4 Å². The minimum absolute atomic E-state index is 0.00378. The van der Waals surface area contributed by atoms with E-state index in [0.29, 0.717) is 15.8 Å². The lowest BCUT2D eigenvalue weighted by Gasteiger charge is -2.26. The quantitative estimate of drug-likeness (QED) is 0.882. The lowest BCUT2D eigenvalue weighted by molar-refractivity contribution is 0.0154. The highest BCUT2D eigenvalue weighted by Gasteiger charge is 2.21. The van der Waals surface area contributed by atoms with E-state index in [-0.39, 0.29) is 13.2 Å². The minimum atomic E-state index is -0.865. The number of likely N-dealkylation sites (N-methyl/N-ethyl adjacent to an activating group) is 1. The van der Waals surface area contributed by atoms with Crippen LogP contribution in [0.4, 0.5) is 4.79 Å². The molecule has 0 radical (unpaired) electrons. The summed E-state index contributed by atoms with van der Waals surface area (Å²) in [5, 5.41) is 10.8. The van der Waals surface area contributed by atoms with E-state index >= 15 is 0 Å². The second-order valence-corrected chi connectivity index (χ2v) is 6.80. The van der Waals surface area contributed by atoms with Gasteiger partial charge in [0.2, 0.25) is 0 Å². The fraction of sp³-hybridized carbons (Fsp3) is 0.533. The summed E-state index contributed by atoms with van der Waals surface area (Å²) in [5.74, 6) is 0.455. The van der Waals surface area contributed by atoms with Gasteiger partial charge in [-0.05, 0) is 39.0 Å². The number of halogens is 2. The predicted molar refractivity (Wildman–Crippen MR) is 86.8 cm³/mol. The maximum Gasteiger partial charge on any atom is 0.410 e. The van der Waals surface area contributed by atoms with Gasteiger partial charge in [-0.15, -0.1) is 0 Å². The first-order valence-electron chi connectivity index (χ1n) is 6.78. The van der Waals surface area contributed by atoms with E-state index in [9.17, 15) is 9.90 Å². The van der Waals surface area contributed by atoms with Crippen LogP contribution in [0.5, 0.6) is 5.75 Å². The highest BCUT2D eigenvalue weighted by atomic mass is 35.5. The molecule has 0 saturated heterocycles. The fourth-order valence-corrected chi connectivity index (χ4v) is 2.09. The number of hydrogen-bond donors (Lipinski definition) is 1. The van der Waals surface area contributed by atoms with E-state index in [1.54, 1.807) is 46.0 Å². The van der Waals surface area contributed by atoms with Crippen LogP contribution in [0.2, 0.25) is 10.0 Å². The number of nitrogens with zero attached hydrogens (tertiary/aromatic N) is 1. The smallest absolute Gasteiger partial charge is 0.410 e. The first-order chi connectivity index (χ1) is 10.1. The van der Waals surface area contributed by atoms with Gasteiger partial charge in [-0.25, -0.2) is 4.79 Å². The highest BCUT2D eigenvalue weighted by Crippen LogP contribution is 2.24. The maximum absolute atomic E-state index is 11.8. The molecule has 1 amide bonds. The third-order valence-corrected chi connectivity index (χ3v) is 2.90. The van der Waals surface area contributed by atoms with Crippen LogP contribution in [-0.2, 0) is 4.74 Å². The highest BCUT2D eigenvalue weighted by molar-refractivity contribution is 6.34.